The van der Waals surface area contributed by atoms with Crippen molar-refractivity contribution in [1.29, 1.82) is 0 Å². The van der Waals surface area contributed by atoms with Gasteiger partial charge in [-0.1, -0.05) is 12.1 Å². The van der Waals surface area contributed by atoms with E-state index >= 15 is 0 Å². The van der Waals surface area contributed by atoms with Crippen LogP contribution in [0.1, 0.15) is 18.4 Å². The molecule has 0 aromatic heterocycles. The number of hydrogen-bond acceptors (Lipinski definition) is 3. The van der Waals surface area contributed by atoms with E-state index in [0.717, 1.165) is 18.7 Å². The molecule has 0 radical (unpaired) electrons. The van der Waals surface area contributed by atoms with E-state index in [1.807, 2.05) is 12.1 Å². The summed E-state index contributed by atoms with van der Waals surface area (Å²) in [6, 6.07) is 8.08. The van der Waals surface area contributed by atoms with E-state index < -0.39 is 9.05 Å². The van der Waals surface area contributed by atoms with Gasteiger partial charge in [-0.3, -0.25) is 0 Å². The molecule has 0 amide bonds. The van der Waals surface area contributed by atoms with Crippen molar-refractivity contribution >= 4 is 25.4 Å². The van der Waals surface area contributed by atoms with E-state index in [4.69, 9.17) is 10.7 Å². The minimum Gasteiger partial charge on any atom is -0.372 e. The SMILES string of the molecule is O=S(=O)(Cl)CCc1ccc(N2CCCC2)cc1. The van der Waals surface area contributed by atoms with Gasteiger partial charge >= 0.3 is 0 Å². The quantitative estimate of drug-likeness (QED) is 0.791. The monoisotopic (exact) mass is 273 g/mol. The van der Waals surface area contributed by atoms with Crippen LogP contribution in [-0.4, -0.2) is 27.3 Å². The van der Waals surface area contributed by atoms with Crippen LogP contribution < -0.4 is 4.90 Å². The molecule has 0 N–H and O–H groups in total. The fraction of sp³-hybridized carbons (Fsp3) is 0.500. The molecular weight excluding hydrogens is 258 g/mol. The summed E-state index contributed by atoms with van der Waals surface area (Å²) in [4.78, 5) is 2.35. The van der Waals surface area contributed by atoms with Crippen molar-refractivity contribution in [1.82, 2.24) is 0 Å². The van der Waals surface area contributed by atoms with Crippen LogP contribution in [-0.2, 0) is 15.5 Å². The van der Waals surface area contributed by atoms with Crippen LogP contribution in [0.15, 0.2) is 24.3 Å². The minimum absolute atomic E-state index is 0.00236. The van der Waals surface area contributed by atoms with Crippen LogP contribution in [0.25, 0.3) is 0 Å². The van der Waals surface area contributed by atoms with Gasteiger partial charge in [-0.15, -0.1) is 0 Å². The number of benzene rings is 1. The maximum absolute atomic E-state index is 10.8. The molecule has 1 saturated heterocycles. The van der Waals surface area contributed by atoms with Crippen molar-refractivity contribution in [3.8, 4) is 0 Å². The molecule has 1 fully saturated rings. The van der Waals surface area contributed by atoms with Gasteiger partial charge in [-0.25, -0.2) is 8.42 Å². The normalized spacial score (nSPS) is 16.4. The van der Waals surface area contributed by atoms with Gasteiger partial charge in [0.15, 0.2) is 0 Å². The van der Waals surface area contributed by atoms with Crippen LogP contribution in [0.2, 0.25) is 0 Å². The molecule has 17 heavy (non-hydrogen) atoms. The summed E-state index contributed by atoms with van der Waals surface area (Å²) in [5, 5.41) is 0. The third kappa shape index (κ3) is 3.89. The second kappa shape index (κ2) is 5.27. The van der Waals surface area contributed by atoms with Gasteiger partial charge in [0.2, 0.25) is 9.05 Å². The zero-order valence-corrected chi connectivity index (χ0v) is 11.2. The van der Waals surface area contributed by atoms with Crippen LogP contribution in [0.3, 0.4) is 0 Å². The Hall–Kier alpha value is -0.740. The van der Waals surface area contributed by atoms with Crippen LogP contribution in [0.5, 0.6) is 0 Å². The summed E-state index contributed by atoms with van der Waals surface area (Å²) in [5.74, 6) is -0.00236. The number of anilines is 1. The maximum atomic E-state index is 10.8. The summed E-state index contributed by atoms with van der Waals surface area (Å²) in [6.45, 7) is 2.24. The standard InChI is InChI=1S/C12H16ClNO2S/c13-17(15,16)10-7-11-3-5-12(6-4-11)14-8-1-2-9-14/h3-6H,1-2,7-10H2. The van der Waals surface area contributed by atoms with Crippen LogP contribution >= 0.6 is 10.7 Å². The first-order valence-corrected chi connectivity index (χ1v) is 8.29. The lowest BCUT2D eigenvalue weighted by atomic mass is 10.1. The van der Waals surface area contributed by atoms with E-state index in [9.17, 15) is 8.42 Å². The third-order valence-electron chi connectivity index (χ3n) is 3.04. The van der Waals surface area contributed by atoms with Gasteiger partial charge in [-0.05, 0) is 37.0 Å². The Bertz CT molecular complexity index is 464. The second-order valence-electron chi connectivity index (χ2n) is 4.35. The second-order valence-corrected chi connectivity index (χ2v) is 7.25. The number of hydrogen-bond donors (Lipinski definition) is 0. The Labute approximate surface area is 107 Å². The lowest BCUT2D eigenvalue weighted by molar-refractivity contribution is 0.609. The van der Waals surface area contributed by atoms with E-state index in [0.29, 0.717) is 6.42 Å². The highest BCUT2D eigenvalue weighted by molar-refractivity contribution is 8.13. The molecule has 1 aromatic carbocycles. The Balaban J connectivity index is 1.97. The number of nitrogens with zero attached hydrogens (tertiary/aromatic N) is 1. The highest BCUT2D eigenvalue weighted by Crippen LogP contribution is 2.20. The first-order chi connectivity index (χ1) is 8.04. The van der Waals surface area contributed by atoms with E-state index in [1.165, 1.54) is 18.5 Å². The van der Waals surface area contributed by atoms with Gasteiger partial charge in [0.1, 0.15) is 0 Å². The molecule has 5 heteroatoms. The predicted molar refractivity (Wildman–Crippen MR) is 71.2 cm³/mol. The van der Waals surface area contributed by atoms with Gasteiger partial charge in [-0.2, -0.15) is 0 Å². The molecular formula is C12H16ClNO2S. The fourth-order valence-corrected chi connectivity index (χ4v) is 2.80. The van der Waals surface area contributed by atoms with Crippen LogP contribution in [0.4, 0.5) is 5.69 Å². The lowest BCUT2D eigenvalue weighted by Gasteiger charge is -2.17. The molecule has 1 aliphatic rings. The maximum Gasteiger partial charge on any atom is 0.232 e. The molecule has 1 aliphatic heterocycles. The van der Waals surface area contributed by atoms with E-state index in [-0.39, 0.29) is 5.75 Å². The fourth-order valence-electron chi connectivity index (χ4n) is 2.09. The predicted octanol–water partition coefficient (Wildman–Crippen LogP) is 2.40. The number of halogens is 1. The van der Waals surface area contributed by atoms with Crippen molar-refractivity contribution < 1.29 is 8.42 Å². The zero-order valence-electron chi connectivity index (χ0n) is 9.60. The highest BCUT2D eigenvalue weighted by atomic mass is 35.7. The average molecular weight is 274 g/mol. The van der Waals surface area contributed by atoms with Crippen molar-refractivity contribution in [2.24, 2.45) is 0 Å². The average Bonchev–Trinajstić information content (AvgIpc) is 2.79. The summed E-state index contributed by atoms with van der Waals surface area (Å²) < 4.78 is 21.7. The van der Waals surface area contributed by atoms with Crippen molar-refractivity contribution in [2.75, 3.05) is 23.7 Å². The highest BCUT2D eigenvalue weighted by Gasteiger charge is 2.12. The molecule has 2 rings (SSSR count). The van der Waals surface area contributed by atoms with Crippen LogP contribution in [0, 0.1) is 0 Å². The summed E-state index contributed by atoms with van der Waals surface area (Å²) in [5.41, 5.74) is 2.23. The van der Waals surface area contributed by atoms with E-state index in [2.05, 4.69) is 17.0 Å². The Morgan fingerprint density at radius 2 is 1.71 bits per heavy atom. The Kier molecular flexibility index (Phi) is 3.94. The molecule has 3 nitrogen and oxygen atoms in total. The summed E-state index contributed by atoms with van der Waals surface area (Å²) >= 11 is 0. The first-order valence-electron chi connectivity index (χ1n) is 5.81. The van der Waals surface area contributed by atoms with Crippen molar-refractivity contribution in [3.05, 3.63) is 29.8 Å². The lowest BCUT2D eigenvalue weighted by Crippen LogP contribution is -2.17. The smallest absolute Gasteiger partial charge is 0.232 e. The van der Waals surface area contributed by atoms with Crippen molar-refractivity contribution in [3.63, 3.8) is 0 Å². The zero-order chi connectivity index (χ0) is 12.3. The minimum atomic E-state index is -3.39. The van der Waals surface area contributed by atoms with Gasteiger partial charge in [0, 0.05) is 29.5 Å². The largest absolute Gasteiger partial charge is 0.372 e. The summed E-state index contributed by atoms with van der Waals surface area (Å²) in [6.07, 6.45) is 2.99. The molecule has 0 unspecified atom stereocenters. The molecule has 1 heterocycles. The molecule has 0 aliphatic carbocycles. The number of aryl methyl sites for hydroxylation is 1. The number of rotatable bonds is 4. The van der Waals surface area contributed by atoms with Gasteiger partial charge < -0.3 is 4.90 Å². The van der Waals surface area contributed by atoms with Gasteiger partial charge in [0.05, 0.1) is 5.75 Å². The molecule has 0 atom stereocenters. The molecule has 94 valence electrons. The topological polar surface area (TPSA) is 37.4 Å². The third-order valence-corrected chi connectivity index (χ3v) is 4.20. The van der Waals surface area contributed by atoms with Gasteiger partial charge in [0.25, 0.3) is 0 Å². The van der Waals surface area contributed by atoms with Crippen molar-refractivity contribution in [2.45, 2.75) is 19.3 Å². The molecule has 0 saturated carbocycles. The Morgan fingerprint density at radius 1 is 1.12 bits per heavy atom. The summed E-state index contributed by atoms with van der Waals surface area (Å²) in [7, 11) is 1.80. The first kappa shape index (κ1) is 12.7. The molecule has 0 spiro atoms. The Morgan fingerprint density at radius 3 is 2.24 bits per heavy atom. The molecule has 1 aromatic rings. The molecule has 0 bridgehead atoms. The van der Waals surface area contributed by atoms with E-state index in [1.54, 1.807) is 0 Å².